The third-order valence-corrected chi connectivity index (χ3v) is 6.36. The van der Waals surface area contributed by atoms with Crippen molar-refractivity contribution in [2.24, 2.45) is 0 Å². The van der Waals surface area contributed by atoms with Gasteiger partial charge in [-0.2, -0.15) is 0 Å². The highest BCUT2D eigenvalue weighted by molar-refractivity contribution is 7.90. The van der Waals surface area contributed by atoms with Crippen LogP contribution in [-0.2, 0) is 30.7 Å². The molecule has 5 atom stereocenters. The van der Waals surface area contributed by atoms with Crippen molar-refractivity contribution in [2.45, 2.75) is 42.2 Å². The molecule has 35 heavy (non-hydrogen) atoms. The predicted octanol–water partition coefficient (Wildman–Crippen LogP) is 0.836. The molecule has 2 aromatic carbocycles. The zero-order chi connectivity index (χ0) is 25.6. The summed E-state index contributed by atoms with van der Waals surface area (Å²) in [7, 11) is -3.75. The van der Waals surface area contributed by atoms with Crippen LogP contribution in [0.3, 0.4) is 0 Å². The van der Waals surface area contributed by atoms with Gasteiger partial charge in [-0.05, 0) is 23.8 Å². The number of hydrogen-bond acceptors (Lipinski definition) is 10. The molecule has 0 amide bonds. The Bertz CT molecular complexity index is 1120. The topological polar surface area (TPSA) is 149 Å². The summed E-state index contributed by atoms with van der Waals surface area (Å²) in [6, 6.07) is 13.0. The molecule has 0 unspecified atom stereocenters. The van der Waals surface area contributed by atoms with E-state index in [1.54, 1.807) is 0 Å². The quantitative estimate of drug-likeness (QED) is 0.311. The Morgan fingerprint density at radius 3 is 2.46 bits per heavy atom. The van der Waals surface area contributed by atoms with Crippen LogP contribution >= 0.6 is 0 Å². The molecule has 1 aliphatic heterocycles. The number of aliphatic hydroxyl groups excluding tert-OH is 3. The fourth-order valence-corrected chi connectivity index (χ4v) is 4.21. The van der Waals surface area contributed by atoms with E-state index in [1.165, 1.54) is 18.2 Å². The van der Waals surface area contributed by atoms with E-state index in [0.717, 1.165) is 17.9 Å². The molecule has 0 bridgehead atoms. The number of carbonyl (C=O) groups is 1. The average molecular weight is 509 g/mol. The van der Waals surface area contributed by atoms with Crippen LogP contribution in [0.1, 0.15) is 15.9 Å². The first-order valence-electron chi connectivity index (χ1n) is 10.7. The molecule has 190 valence electrons. The van der Waals surface area contributed by atoms with E-state index < -0.39 is 53.1 Å². The number of ether oxygens (including phenoxy) is 4. The van der Waals surface area contributed by atoms with Crippen LogP contribution in [0.4, 0.5) is 0 Å². The summed E-state index contributed by atoms with van der Waals surface area (Å²) in [5, 5.41) is 30.2. The van der Waals surface area contributed by atoms with E-state index in [1.807, 2.05) is 30.3 Å². The summed E-state index contributed by atoms with van der Waals surface area (Å²) in [6.45, 7) is 3.14. The summed E-state index contributed by atoms with van der Waals surface area (Å²) in [5.74, 6) is -0.803. The molecule has 1 heterocycles. The normalized spacial score (nSPS) is 24.5. The molecule has 2 aromatic rings. The molecule has 0 spiro atoms. The lowest BCUT2D eigenvalue weighted by atomic mass is 9.99. The number of hydrogen-bond donors (Lipinski definition) is 3. The fourth-order valence-electron chi connectivity index (χ4n) is 3.38. The molecule has 0 saturated carbocycles. The number of benzene rings is 2. The summed E-state index contributed by atoms with van der Waals surface area (Å²) in [5.41, 5.74) is 0.770. The molecule has 10 nitrogen and oxygen atoms in total. The Morgan fingerprint density at radius 2 is 1.80 bits per heavy atom. The second kappa shape index (κ2) is 11.8. The Kier molecular flexibility index (Phi) is 9.00. The van der Waals surface area contributed by atoms with E-state index in [4.69, 9.17) is 18.9 Å². The zero-order valence-electron chi connectivity index (χ0n) is 19.0. The Morgan fingerprint density at radius 1 is 1.09 bits per heavy atom. The predicted molar refractivity (Wildman–Crippen MR) is 123 cm³/mol. The maximum atomic E-state index is 12.6. The third kappa shape index (κ3) is 6.88. The van der Waals surface area contributed by atoms with Gasteiger partial charge in [0.1, 0.15) is 48.3 Å². The van der Waals surface area contributed by atoms with Crippen LogP contribution in [0.5, 0.6) is 5.75 Å². The van der Waals surface area contributed by atoms with Gasteiger partial charge in [-0.3, -0.25) is 0 Å². The fraction of sp³-hybridized carbons (Fsp3) is 0.375. The largest absolute Gasteiger partial charge is 0.488 e. The van der Waals surface area contributed by atoms with E-state index in [0.29, 0.717) is 0 Å². The summed E-state index contributed by atoms with van der Waals surface area (Å²) in [6.07, 6.45) is -4.73. The summed E-state index contributed by atoms with van der Waals surface area (Å²) < 4.78 is 46.1. The van der Waals surface area contributed by atoms with Crippen molar-refractivity contribution in [1.29, 1.82) is 0 Å². The van der Waals surface area contributed by atoms with Crippen molar-refractivity contribution in [2.75, 3.05) is 19.5 Å². The number of carbonyl (C=O) groups excluding carboxylic acids is 1. The van der Waals surface area contributed by atoms with Crippen molar-refractivity contribution in [3.63, 3.8) is 0 Å². The monoisotopic (exact) mass is 508 g/mol. The Balaban J connectivity index is 1.70. The zero-order valence-corrected chi connectivity index (χ0v) is 19.8. The first-order valence-corrected chi connectivity index (χ1v) is 12.6. The molecule has 1 aliphatic rings. The lowest BCUT2D eigenvalue weighted by molar-refractivity contribution is -0.298. The van der Waals surface area contributed by atoms with Gasteiger partial charge < -0.3 is 34.3 Å². The van der Waals surface area contributed by atoms with Gasteiger partial charge in [0.15, 0.2) is 16.1 Å². The van der Waals surface area contributed by atoms with Gasteiger partial charge >= 0.3 is 5.97 Å². The standard InChI is InChI=1S/C24H28O10S/c1-3-11-31-24-22(27)21(26)20(25)18(34-24)14-33-23(28)16-9-10-17(19(12-16)35(2,29)30)32-13-15-7-5-4-6-8-15/h3-10,12,18,20-22,24-27H,1,11,13-14H2,2H3/t18-,20-,21+,22-,24-/m1/s1. The second-order valence-electron chi connectivity index (χ2n) is 7.94. The maximum Gasteiger partial charge on any atom is 0.338 e. The molecular formula is C24H28O10S. The molecule has 0 aromatic heterocycles. The number of esters is 1. The van der Waals surface area contributed by atoms with Crippen molar-refractivity contribution in [3.05, 3.63) is 72.3 Å². The van der Waals surface area contributed by atoms with Crippen molar-refractivity contribution >= 4 is 15.8 Å². The Labute approximate surface area is 203 Å². The molecule has 0 aliphatic carbocycles. The van der Waals surface area contributed by atoms with Gasteiger partial charge in [-0.25, -0.2) is 13.2 Å². The maximum absolute atomic E-state index is 12.6. The lowest BCUT2D eigenvalue weighted by Gasteiger charge is -2.39. The van der Waals surface area contributed by atoms with Gasteiger partial charge in [-0.15, -0.1) is 6.58 Å². The van der Waals surface area contributed by atoms with Gasteiger partial charge in [0, 0.05) is 6.26 Å². The Hall–Kier alpha value is -2.80. The minimum absolute atomic E-state index is 0.0179. The highest BCUT2D eigenvalue weighted by atomic mass is 32.2. The van der Waals surface area contributed by atoms with E-state index in [-0.39, 0.29) is 29.4 Å². The van der Waals surface area contributed by atoms with Crippen LogP contribution < -0.4 is 4.74 Å². The van der Waals surface area contributed by atoms with Gasteiger partial charge in [0.05, 0.1) is 12.2 Å². The van der Waals surface area contributed by atoms with Crippen molar-refractivity contribution < 1.29 is 47.5 Å². The number of aliphatic hydroxyl groups is 3. The van der Waals surface area contributed by atoms with Crippen LogP contribution in [0.2, 0.25) is 0 Å². The minimum atomic E-state index is -3.75. The molecule has 1 fully saturated rings. The molecule has 3 rings (SSSR count). The van der Waals surface area contributed by atoms with E-state index in [2.05, 4.69) is 6.58 Å². The molecule has 0 radical (unpaired) electrons. The number of rotatable bonds is 10. The minimum Gasteiger partial charge on any atom is -0.488 e. The molecule has 3 N–H and O–H groups in total. The average Bonchev–Trinajstić information content (AvgIpc) is 2.84. The van der Waals surface area contributed by atoms with Gasteiger partial charge in [0.25, 0.3) is 0 Å². The van der Waals surface area contributed by atoms with Crippen LogP contribution in [-0.4, -0.2) is 79.9 Å². The number of sulfone groups is 1. The second-order valence-corrected chi connectivity index (χ2v) is 9.93. The molecule has 1 saturated heterocycles. The van der Waals surface area contributed by atoms with Crippen LogP contribution in [0.15, 0.2) is 66.1 Å². The van der Waals surface area contributed by atoms with Gasteiger partial charge in [0.2, 0.25) is 0 Å². The smallest absolute Gasteiger partial charge is 0.338 e. The third-order valence-electron chi connectivity index (χ3n) is 5.24. The van der Waals surface area contributed by atoms with Crippen molar-refractivity contribution in [1.82, 2.24) is 0 Å². The van der Waals surface area contributed by atoms with Crippen LogP contribution in [0.25, 0.3) is 0 Å². The SMILES string of the molecule is C=CCO[C@@H]1O[C@H](COC(=O)c2ccc(OCc3ccccc3)c(S(C)(=O)=O)c2)[C@@H](O)[C@H](O)[C@H]1O. The first-order chi connectivity index (χ1) is 16.6. The van der Waals surface area contributed by atoms with E-state index in [9.17, 15) is 28.5 Å². The highest BCUT2D eigenvalue weighted by Crippen LogP contribution is 2.27. The first kappa shape index (κ1) is 26.8. The van der Waals surface area contributed by atoms with Gasteiger partial charge in [-0.1, -0.05) is 36.4 Å². The van der Waals surface area contributed by atoms with Crippen LogP contribution in [0, 0.1) is 0 Å². The summed E-state index contributed by atoms with van der Waals surface area (Å²) in [4.78, 5) is 12.4. The van der Waals surface area contributed by atoms with Crippen molar-refractivity contribution in [3.8, 4) is 5.75 Å². The summed E-state index contributed by atoms with van der Waals surface area (Å²) >= 11 is 0. The van der Waals surface area contributed by atoms with E-state index >= 15 is 0 Å². The highest BCUT2D eigenvalue weighted by Gasteiger charge is 2.44. The molecular weight excluding hydrogens is 480 g/mol. The molecule has 11 heteroatoms. The lowest BCUT2D eigenvalue weighted by Crippen LogP contribution is -2.59.